The Morgan fingerprint density at radius 3 is 2.97 bits per heavy atom. The summed E-state index contributed by atoms with van der Waals surface area (Å²) < 4.78 is 17.9. The zero-order chi connectivity index (χ0) is 23.7. The number of ether oxygens (including phenoxy) is 3. The summed E-state index contributed by atoms with van der Waals surface area (Å²) in [5, 5.41) is 3.90. The van der Waals surface area contributed by atoms with Gasteiger partial charge in [0, 0.05) is 30.3 Å². The Labute approximate surface area is 205 Å². The number of carbonyl (C=O) groups excluding carboxylic acids is 2. The van der Waals surface area contributed by atoms with E-state index in [9.17, 15) is 9.59 Å². The molecule has 2 aliphatic heterocycles. The van der Waals surface area contributed by atoms with Gasteiger partial charge in [-0.05, 0) is 42.3 Å². The Kier molecular flexibility index (Phi) is 6.58. The summed E-state index contributed by atoms with van der Waals surface area (Å²) in [6, 6.07) is 11.1. The number of halogens is 1. The summed E-state index contributed by atoms with van der Waals surface area (Å²) in [6.45, 7) is 1.11. The lowest BCUT2D eigenvalue weighted by atomic mass is 9.98. The fourth-order valence-corrected chi connectivity index (χ4v) is 5.41. The molecule has 0 radical (unpaired) electrons. The van der Waals surface area contributed by atoms with Crippen LogP contribution in [0.1, 0.15) is 30.7 Å². The van der Waals surface area contributed by atoms with Gasteiger partial charge in [0.1, 0.15) is 0 Å². The third-order valence-corrected chi connectivity index (χ3v) is 7.12. The van der Waals surface area contributed by atoms with Gasteiger partial charge in [0.25, 0.3) is 0 Å². The van der Waals surface area contributed by atoms with Crippen molar-refractivity contribution in [1.82, 2.24) is 9.88 Å². The molecule has 0 aliphatic carbocycles. The van der Waals surface area contributed by atoms with Gasteiger partial charge in [-0.2, -0.15) is 0 Å². The van der Waals surface area contributed by atoms with Crippen LogP contribution in [-0.4, -0.2) is 54.8 Å². The number of nitrogens with zero attached hydrogens (tertiary/aromatic N) is 2. The van der Waals surface area contributed by atoms with Crippen LogP contribution in [0.5, 0.6) is 11.5 Å². The molecule has 1 N–H and O–H groups in total. The molecule has 1 aromatic heterocycles. The molecule has 178 valence electrons. The van der Waals surface area contributed by atoms with E-state index >= 15 is 0 Å². The van der Waals surface area contributed by atoms with Crippen molar-refractivity contribution >= 4 is 50.1 Å². The predicted molar refractivity (Wildman–Crippen MR) is 130 cm³/mol. The first kappa shape index (κ1) is 22.9. The summed E-state index contributed by atoms with van der Waals surface area (Å²) in [5.74, 6) is 0.844. The molecule has 10 heteroatoms. The van der Waals surface area contributed by atoms with Crippen LogP contribution in [0.2, 0.25) is 5.02 Å². The van der Waals surface area contributed by atoms with Crippen molar-refractivity contribution in [3.05, 3.63) is 47.0 Å². The van der Waals surface area contributed by atoms with E-state index in [4.69, 9.17) is 25.8 Å². The lowest BCUT2D eigenvalue weighted by molar-refractivity contribution is -0.131. The van der Waals surface area contributed by atoms with Crippen LogP contribution in [0, 0.1) is 0 Å². The normalized spacial score (nSPS) is 20.2. The van der Waals surface area contributed by atoms with E-state index in [0.29, 0.717) is 41.2 Å². The molecule has 2 aliphatic rings. The minimum Gasteiger partial charge on any atom is -0.493 e. The quantitative estimate of drug-likeness (QED) is 0.515. The van der Waals surface area contributed by atoms with Crippen molar-refractivity contribution in [3.8, 4) is 11.5 Å². The van der Waals surface area contributed by atoms with Crippen LogP contribution in [0.3, 0.4) is 0 Å². The Hall–Kier alpha value is -2.88. The zero-order valence-electron chi connectivity index (χ0n) is 18.6. The molecule has 2 amide bonds. The van der Waals surface area contributed by atoms with Crippen molar-refractivity contribution in [2.45, 2.75) is 31.5 Å². The van der Waals surface area contributed by atoms with Crippen molar-refractivity contribution in [2.24, 2.45) is 0 Å². The van der Waals surface area contributed by atoms with Crippen LogP contribution in [0.15, 0.2) is 36.4 Å². The third kappa shape index (κ3) is 4.96. The van der Waals surface area contributed by atoms with Crippen LogP contribution in [0.25, 0.3) is 10.2 Å². The molecule has 1 unspecified atom stereocenters. The maximum absolute atomic E-state index is 12.7. The monoisotopic (exact) mass is 501 g/mol. The minimum absolute atomic E-state index is 0.0263. The number of fused-ring (bicyclic) bond motifs is 1. The summed E-state index contributed by atoms with van der Waals surface area (Å²) in [4.78, 5) is 31.3. The molecule has 2 atom stereocenters. The van der Waals surface area contributed by atoms with Gasteiger partial charge < -0.3 is 24.4 Å². The summed E-state index contributed by atoms with van der Waals surface area (Å²) in [6.07, 6.45) is 1.84. The number of likely N-dealkylation sites (tertiary alicyclic amines) is 1. The molecule has 2 fully saturated rings. The number of hydrogen-bond donors (Lipinski definition) is 1. The number of amides is 2. The number of aromatic nitrogens is 1. The molecule has 2 saturated heterocycles. The molecular formula is C24H24ClN3O5S. The first-order chi connectivity index (χ1) is 16.5. The second kappa shape index (κ2) is 9.77. The summed E-state index contributed by atoms with van der Waals surface area (Å²) in [5.41, 5.74) is 1.73. The van der Waals surface area contributed by atoms with Crippen molar-refractivity contribution < 1.29 is 23.8 Å². The van der Waals surface area contributed by atoms with Crippen LogP contribution < -0.4 is 14.8 Å². The first-order valence-corrected chi connectivity index (χ1v) is 12.3. The lowest BCUT2D eigenvalue weighted by Gasteiger charge is -2.19. The maximum atomic E-state index is 12.7. The van der Waals surface area contributed by atoms with Crippen LogP contribution in [-0.2, 0) is 14.3 Å². The van der Waals surface area contributed by atoms with E-state index in [0.717, 1.165) is 28.6 Å². The lowest BCUT2D eigenvalue weighted by Crippen LogP contribution is -2.34. The number of benzene rings is 2. The van der Waals surface area contributed by atoms with Crippen molar-refractivity contribution in [3.63, 3.8) is 0 Å². The number of anilines is 1. The molecule has 3 aromatic rings. The fraction of sp³-hybridized carbons (Fsp3) is 0.375. The summed E-state index contributed by atoms with van der Waals surface area (Å²) in [7, 11) is 1.59. The Bertz CT molecular complexity index is 1230. The van der Waals surface area contributed by atoms with Gasteiger partial charge in [0.05, 0.1) is 30.5 Å². The third-order valence-electron chi connectivity index (χ3n) is 5.95. The first-order valence-electron chi connectivity index (χ1n) is 11.1. The number of hydrogen-bond acceptors (Lipinski definition) is 7. The summed E-state index contributed by atoms with van der Waals surface area (Å²) >= 11 is 7.37. The second-order valence-electron chi connectivity index (χ2n) is 8.33. The smallest absolute Gasteiger partial charge is 0.245 e. The number of thiazole rings is 1. The maximum Gasteiger partial charge on any atom is 0.245 e. The Morgan fingerprint density at radius 1 is 1.29 bits per heavy atom. The highest BCUT2D eigenvalue weighted by Gasteiger charge is 2.32. The van der Waals surface area contributed by atoms with E-state index in [-0.39, 0.29) is 30.6 Å². The number of rotatable bonds is 7. The highest BCUT2D eigenvalue weighted by Crippen LogP contribution is 2.36. The van der Waals surface area contributed by atoms with E-state index in [1.165, 1.54) is 11.3 Å². The van der Waals surface area contributed by atoms with Gasteiger partial charge >= 0.3 is 0 Å². The second-order valence-corrected chi connectivity index (χ2v) is 9.79. The van der Waals surface area contributed by atoms with Gasteiger partial charge in [-0.3, -0.25) is 9.59 Å². The molecular weight excluding hydrogens is 478 g/mol. The van der Waals surface area contributed by atoms with E-state index < -0.39 is 0 Å². The average molecular weight is 502 g/mol. The zero-order valence-corrected chi connectivity index (χ0v) is 20.2. The van der Waals surface area contributed by atoms with E-state index in [1.54, 1.807) is 18.1 Å². The highest BCUT2D eigenvalue weighted by molar-refractivity contribution is 7.22. The van der Waals surface area contributed by atoms with E-state index in [1.807, 2.05) is 30.3 Å². The van der Waals surface area contributed by atoms with E-state index in [2.05, 4.69) is 10.3 Å². The Balaban J connectivity index is 1.23. The molecule has 0 saturated carbocycles. The molecule has 0 spiro atoms. The number of carbonyl (C=O) groups is 2. The largest absolute Gasteiger partial charge is 0.493 e. The number of methoxy groups -OCH3 is 1. The predicted octanol–water partition coefficient (Wildman–Crippen LogP) is 4.43. The van der Waals surface area contributed by atoms with Gasteiger partial charge in [-0.15, -0.1) is 0 Å². The van der Waals surface area contributed by atoms with Crippen LogP contribution in [0.4, 0.5) is 5.13 Å². The standard InChI is InChI=1S/C24H24ClN3O5S/c1-31-18-7-4-14(9-19(18)33-23-3-2-8-32-23)15-10-22(30)28(12-15)13-21(29)27-24-26-17-6-5-16(25)11-20(17)34-24/h4-7,9,11,15,23H,2-3,8,10,12-13H2,1H3,(H,26,27,29)/t15-,23?/m1/s1. The molecule has 2 aromatic carbocycles. The molecule has 8 nitrogen and oxygen atoms in total. The Morgan fingerprint density at radius 2 is 2.18 bits per heavy atom. The van der Waals surface area contributed by atoms with Crippen molar-refractivity contribution in [1.29, 1.82) is 0 Å². The minimum atomic E-state index is -0.284. The topological polar surface area (TPSA) is 90.0 Å². The molecule has 34 heavy (non-hydrogen) atoms. The SMILES string of the molecule is COc1ccc([C@@H]2CC(=O)N(CC(=O)Nc3nc4ccc(Cl)cc4s3)C2)cc1OC1CCCO1. The highest BCUT2D eigenvalue weighted by atomic mass is 35.5. The van der Waals surface area contributed by atoms with Crippen LogP contribution >= 0.6 is 22.9 Å². The fourth-order valence-electron chi connectivity index (χ4n) is 4.25. The molecule has 3 heterocycles. The van der Waals surface area contributed by atoms with Gasteiger partial charge in [-0.25, -0.2) is 4.98 Å². The van der Waals surface area contributed by atoms with Gasteiger partial charge in [0.15, 0.2) is 22.9 Å². The molecule has 5 rings (SSSR count). The number of nitrogens with one attached hydrogen (secondary N) is 1. The van der Waals surface area contributed by atoms with Crippen molar-refractivity contribution in [2.75, 3.05) is 32.1 Å². The van der Waals surface area contributed by atoms with Gasteiger partial charge in [0.2, 0.25) is 11.8 Å². The molecule has 0 bridgehead atoms. The average Bonchev–Trinajstić information content (AvgIpc) is 3.54. The van der Waals surface area contributed by atoms with Gasteiger partial charge in [-0.1, -0.05) is 29.0 Å².